The van der Waals surface area contributed by atoms with Gasteiger partial charge in [0.25, 0.3) is 0 Å². The number of rotatable bonds is 3. The first-order valence-corrected chi connectivity index (χ1v) is 5.76. The van der Waals surface area contributed by atoms with E-state index >= 15 is 0 Å². The molecule has 1 N–H and O–H groups in total. The normalized spacial score (nSPS) is 15.5. The number of aliphatic carboxylic acids is 1. The summed E-state index contributed by atoms with van der Waals surface area (Å²) in [4.78, 5) is 11.7. The third-order valence-corrected chi connectivity index (χ3v) is 3.33. The van der Waals surface area contributed by atoms with E-state index in [0.717, 1.165) is 16.2 Å². The van der Waals surface area contributed by atoms with Gasteiger partial charge in [-0.3, -0.25) is 4.79 Å². The van der Waals surface area contributed by atoms with Gasteiger partial charge in [-0.15, -0.1) is 0 Å². The van der Waals surface area contributed by atoms with Crippen molar-refractivity contribution in [3.05, 3.63) is 23.8 Å². The van der Waals surface area contributed by atoms with Gasteiger partial charge in [-0.2, -0.15) is 0 Å². The van der Waals surface area contributed by atoms with Gasteiger partial charge in [-0.1, -0.05) is 24.8 Å². The molecule has 1 aromatic carbocycles. The first kappa shape index (κ1) is 10.4. The monoisotopic (exact) mass is 224 g/mol. The Morgan fingerprint density at radius 1 is 1.67 bits per heavy atom. The summed E-state index contributed by atoms with van der Waals surface area (Å²) in [5, 5.41) is 8.70. The highest BCUT2D eigenvalue weighted by molar-refractivity contribution is 7.99. The molecule has 1 aromatic rings. The van der Waals surface area contributed by atoms with Gasteiger partial charge in [0.1, 0.15) is 11.7 Å². The number of thioether (sulfide) groups is 1. The lowest BCUT2D eigenvalue weighted by atomic mass is 9.98. The molecular formula is C11H12O3S. The zero-order valence-corrected chi connectivity index (χ0v) is 9.21. The van der Waals surface area contributed by atoms with E-state index in [1.165, 1.54) is 0 Å². The van der Waals surface area contributed by atoms with Crippen LogP contribution in [0.4, 0.5) is 0 Å². The molecule has 4 heteroatoms. The van der Waals surface area contributed by atoms with Crippen LogP contribution in [0.1, 0.15) is 24.8 Å². The highest BCUT2D eigenvalue weighted by atomic mass is 32.2. The van der Waals surface area contributed by atoms with Gasteiger partial charge in [-0.25, -0.2) is 0 Å². The maximum atomic E-state index is 10.6. The van der Waals surface area contributed by atoms with Crippen LogP contribution in [0.2, 0.25) is 0 Å². The van der Waals surface area contributed by atoms with Crippen LogP contribution in [-0.4, -0.2) is 17.0 Å². The van der Waals surface area contributed by atoms with Crippen LogP contribution in [0.25, 0.3) is 0 Å². The largest absolute Gasteiger partial charge is 0.481 e. The Bertz CT molecular complexity index is 389. The van der Waals surface area contributed by atoms with Crippen molar-refractivity contribution in [2.45, 2.75) is 24.2 Å². The van der Waals surface area contributed by atoms with E-state index in [1.807, 2.05) is 25.1 Å². The van der Waals surface area contributed by atoms with E-state index in [4.69, 9.17) is 9.84 Å². The number of carboxylic acids is 1. The lowest BCUT2D eigenvalue weighted by molar-refractivity contribution is -0.137. The summed E-state index contributed by atoms with van der Waals surface area (Å²) in [6.45, 7) is 1.91. The molecule has 0 saturated heterocycles. The molecule has 0 aromatic heterocycles. The summed E-state index contributed by atoms with van der Waals surface area (Å²) in [6, 6.07) is 5.93. The lowest BCUT2D eigenvalue weighted by Crippen LogP contribution is -2.02. The molecule has 1 aliphatic heterocycles. The van der Waals surface area contributed by atoms with Crippen molar-refractivity contribution < 1.29 is 14.6 Å². The molecule has 1 atom stereocenters. The zero-order valence-electron chi connectivity index (χ0n) is 8.40. The molecule has 3 nitrogen and oxygen atoms in total. The molecule has 0 aliphatic carbocycles. The molecule has 1 heterocycles. The molecule has 0 radical (unpaired) electrons. The number of carbonyl (C=O) groups is 1. The summed E-state index contributed by atoms with van der Waals surface area (Å²) in [7, 11) is 0. The number of benzene rings is 1. The number of hydrogen-bond donors (Lipinski definition) is 1. The smallest absolute Gasteiger partial charge is 0.303 e. The predicted octanol–water partition coefficient (Wildman–Crippen LogP) is 2.71. The molecule has 1 aliphatic rings. The summed E-state index contributed by atoms with van der Waals surface area (Å²) in [5.74, 6) is 0.807. The van der Waals surface area contributed by atoms with E-state index in [0.29, 0.717) is 5.94 Å². The van der Waals surface area contributed by atoms with Gasteiger partial charge < -0.3 is 9.84 Å². The van der Waals surface area contributed by atoms with E-state index in [9.17, 15) is 4.79 Å². The van der Waals surface area contributed by atoms with Crippen LogP contribution in [0.5, 0.6) is 5.75 Å². The van der Waals surface area contributed by atoms with Crippen LogP contribution in [0, 0.1) is 0 Å². The molecule has 0 amide bonds. The molecule has 1 unspecified atom stereocenters. The van der Waals surface area contributed by atoms with Gasteiger partial charge in [0, 0.05) is 0 Å². The van der Waals surface area contributed by atoms with E-state index < -0.39 is 5.97 Å². The Morgan fingerprint density at radius 2 is 2.47 bits per heavy atom. The molecular weight excluding hydrogens is 212 g/mol. The van der Waals surface area contributed by atoms with Gasteiger partial charge in [-0.05, 0) is 23.6 Å². The quantitative estimate of drug-likeness (QED) is 0.857. The van der Waals surface area contributed by atoms with Gasteiger partial charge in [0.05, 0.1) is 11.3 Å². The Morgan fingerprint density at radius 3 is 3.20 bits per heavy atom. The topological polar surface area (TPSA) is 46.5 Å². The van der Waals surface area contributed by atoms with Crippen molar-refractivity contribution in [3.63, 3.8) is 0 Å². The Kier molecular flexibility index (Phi) is 2.86. The predicted molar refractivity (Wildman–Crippen MR) is 58.5 cm³/mol. The minimum Gasteiger partial charge on any atom is -0.481 e. The molecule has 0 saturated carbocycles. The summed E-state index contributed by atoms with van der Waals surface area (Å²) < 4.78 is 5.41. The SMILES string of the molecule is CC(CC(=O)O)c1ccc2c(c1)OCS2. The fourth-order valence-electron chi connectivity index (χ4n) is 1.60. The summed E-state index contributed by atoms with van der Waals surface area (Å²) in [6.07, 6.45) is 0.159. The number of fused-ring (bicyclic) bond motifs is 1. The second-order valence-electron chi connectivity index (χ2n) is 3.61. The number of carboxylic acid groups (broad SMARTS) is 1. The van der Waals surface area contributed by atoms with E-state index in [1.54, 1.807) is 11.8 Å². The number of ether oxygens (including phenoxy) is 1. The highest BCUT2D eigenvalue weighted by Gasteiger charge is 2.16. The molecule has 0 fully saturated rings. The van der Waals surface area contributed by atoms with Crippen molar-refractivity contribution in [3.8, 4) is 5.75 Å². The molecule has 2 rings (SSSR count). The van der Waals surface area contributed by atoms with Crippen LogP contribution in [-0.2, 0) is 4.79 Å². The maximum Gasteiger partial charge on any atom is 0.303 e. The average Bonchev–Trinajstić information content (AvgIpc) is 2.62. The van der Waals surface area contributed by atoms with Crippen LogP contribution < -0.4 is 4.74 Å². The second-order valence-corrected chi connectivity index (χ2v) is 4.58. The van der Waals surface area contributed by atoms with Crippen LogP contribution >= 0.6 is 11.8 Å². The Hall–Kier alpha value is -1.16. The fourth-order valence-corrected chi connectivity index (χ4v) is 2.34. The van der Waals surface area contributed by atoms with Gasteiger partial charge in [0.2, 0.25) is 0 Å². The first-order chi connectivity index (χ1) is 7.16. The Labute approximate surface area is 92.4 Å². The van der Waals surface area contributed by atoms with Crippen molar-refractivity contribution in [1.29, 1.82) is 0 Å². The average molecular weight is 224 g/mol. The lowest BCUT2D eigenvalue weighted by Gasteiger charge is -2.09. The van der Waals surface area contributed by atoms with E-state index in [-0.39, 0.29) is 12.3 Å². The third-order valence-electron chi connectivity index (χ3n) is 2.45. The van der Waals surface area contributed by atoms with Crippen molar-refractivity contribution >= 4 is 17.7 Å². The maximum absolute atomic E-state index is 10.6. The molecule has 80 valence electrons. The summed E-state index contributed by atoms with van der Waals surface area (Å²) in [5.41, 5.74) is 1.03. The minimum atomic E-state index is -0.765. The Balaban J connectivity index is 2.19. The third kappa shape index (κ3) is 2.26. The standard InChI is InChI=1S/C11H12O3S/c1-7(4-11(12)13)8-2-3-10-9(5-8)14-6-15-10/h2-3,5,7H,4,6H2,1H3,(H,12,13). The van der Waals surface area contributed by atoms with Crippen molar-refractivity contribution in [2.75, 3.05) is 5.94 Å². The highest BCUT2D eigenvalue weighted by Crippen LogP contribution is 2.38. The van der Waals surface area contributed by atoms with Crippen molar-refractivity contribution in [2.24, 2.45) is 0 Å². The van der Waals surface area contributed by atoms with Crippen LogP contribution in [0.3, 0.4) is 0 Å². The molecule has 15 heavy (non-hydrogen) atoms. The number of hydrogen-bond acceptors (Lipinski definition) is 3. The fraction of sp³-hybridized carbons (Fsp3) is 0.364. The molecule has 0 spiro atoms. The first-order valence-electron chi connectivity index (χ1n) is 4.78. The van der Waals surface area contributed by atoms with Crippen LogP contribution in [0.15, 0.2) is 23.1 Å². The second kappa shape index (κ2) is 4.14. The molecule has 0 bridgehead atoms. The van der Waals surface area contributed by atoms with Gasteiger partial charge in [0.15, 0.2) is 0 Å². The summed E-state index contributed by atoms with van der Waals surface area (Å²) >= 11 is 1.66. The minimum absolute atomic E-state index is 0.0296. The van der Waals surface area contributed by atoms with Crippen molar-refractivity contribution in [1.82, 2.24) is 0 Å². The van der Waals surface area contributed by atoms with Gasteiger partial charge >= 0.3 is 5.97 Å². The zero-order chi connectivity index (χ0) is 10.8. The van der Waals surface area contributed by atoms with E-state index in [2.05, 4.69) is 0 Å².